The molecule has 2 rings (SSSR count). The van der Waals surface area contributed by atoms with Gasteiger partial charge in [-0.15, -0.1) is 11.8 Å². The van der Waals surface area contributed by atoms with E-state index in [1.54, 1.807) is 11.8 Å². The maximum absolute atomic E-state index is 12.6. The second-order valence-corrected chi connectivity index (χ2v) is 19.0. The molecule has 242 valence electrons. The molecule has 1 aliphatic carbocycles. The Hall–Kier alpha value is -1.87. The summed E-state index contributed by atoms with van der Waals surface area (Å²) in [5, 5.41) is 10.9. The van der Waals surface area contributed by atoms with Gasteiger partial charge in [-0.25, -0.2) is 0 Å². The van der Waals surface area contributed by atoms with Crippen LogP contribution in [0.25, 0.3) is 0 Å². The Morgan fingerprint density at radius 1 is 1.05 bits per heavy atom. The normalized spacial score (nSPS) is 18.3. The standard InChI is InChI=1S/C35H56O6SSi/c1-8-17-33(38)40-31-26-30(41-43(6,7)35(2,3)4)29(34(31)42-25-16-10-13-22-32(37)39-5)24-23-28(36)21-15-14-20-27-18-11-9-12-19-27/h9,11-12,18-19,23-24,28-30,36H,8,10,13-17,20-22,25-26H2,1-7H3/b24-23+/t28?,29-,30+/m0/s1. The number of carbonyl (C=O) groups excluding carboxylic acids is 2. The highest BCUT2D eigenvalue weighted by Crippen LogP contribution is 2.46. The van der Waals surface area contributed by atoms with Crippen molar-refractivity contribution in [3.05, 3.63) is 58.7 Å². The minimum atomic E-state index is -2.12. The lowest BCUT2D eigenvalue weighted by Crippen LogP contribution is -2.45. The second-order valence-electron chi connectivity index (χ2n) is 13.1. The molecule has 0 aliphatic heterocycles. The molecule has 1 unspecified atom stereocenters. The van der Waals surface area contributed by atoms with Crippen LogP contribution in [0.1, 0.15) is 97.5 Å². The summed E-state index contributed by atoms with van der Waals surface area (Å²) in [4.78, 5) is 25.1. The number of aryl methyl sites for hydroxylation is 1. The third kappa shape index (κ3) is 13.3. The van der Waals surface area contributed by atoms with Crippen molar-refractivity contribution < 1.29 is 28.6 Å². The third-order valence-corrected chi connectivity index (χ3v) is 14.2. The molecule has 0 bridgehead atoms. The topological polar surface area (TPSA) is 82.1 Å². The summed E-state index contributed by atoms with van der Waals surface area (Å²) in [5.74, 6) is 1.10. The first-order valence-corrected chi connectivity index (χ1v) is 20.0. The van der Waals surface area contributed by atoms with E-state index in [-0.39, 0.29) is 29.0 Å². The van der Waals surface area contributed by atoms with Crippen molar-refractivity contribution >= 4 is 32.0 Å². The Labute approximate surface area is 266 Å². The second kappa shape index (κ2) is 18.8. The number of methoxy groups -OCH3 is 1. The lowest BCUT2D eigenvalue weighted by atomic mass is 10.0. The zero-order chi connectivity index (χ0) is 31.9. The van der Waals surface area contributed by atoms with Gasteiger partial charge in [0.15, 0.2) is 8.32 Å². The number of benzene rings is 1. The fourth-order valence-electron chi connectivity index (χ4n) is 4.81. The number of carbonyl (C=O) groups is 2. The molecule has 0 saturated heterocycles. The summed E-state index contributed by atoms with van der Waals surface area (Å²) in [6.45, 7) is 13.2. The highest BCUT2D eigenvalue weighted by Gasteiger charge is 2.44. The Morgan fingerprint density at radius 3 is 2.42 bits per heavy atom. The zero-order valence-electron chi connectivity index (χ0n) is 27.7. The smallest absolute Gasteiger partial charge is 0.310 e. The number of aliphatic hydroxyl groups is 1. The van der Waals surface area contributed by atoms with Crippen LogP contribution in [-0.4, -0.2) is 50.4 Å². The van der Waals surface area contributed by atoms with Crippen molar-refractivity contribution in [3.8, 4) is 0 Å². The van der Waals surface area contributed by atoms with E-state index in [0.29, 0.717) is 31.4 Å². The number of aliphatic hydroxyl groups excluding tert-OH is 1. The first-order valence-electron chi connectivity index (χ1n) is 16.1. The summed E-state index contributed by atoms with van der Waals surface area (Å²) >= 11 is 1.72. The molecule has 0 amide bonds. The van der Waals surface area contributed by atoms with Crippen LogP contribution >= 0.6 is 11.8 Å². The highest BCUT2D eigenvalue weighted by molar-refractivity contribution is 8.03. The van der Waals surface area contributed by atoms with Gasteiger partial charge in [-0.1, -0.05) is 83.0 Å². The van der Waals surface area contributed by atoms with Crippen LogP contribution in [0.2, 0.25) is 18.1 Å². The lowest BCUT2D eigenvalue weighted by Gasteiger charge is -2.39. The number of hydrogen-bond donors (Lipinski definition) is 1. The molecule has 0 fully saturated rings. The Bertz CT molecular complexity index is 1050. The fraction of sp³-hybridized carbons (Fsp3) is 0.657. The first-order chi connectivity index (χ1) is 20.4. The maximum atomic E-state index is 12.6. The highest BCUT2D eigenvalue weighted by atomic mass is 32.2. The molecule has 1 aliphatic rings. The molecule has 0 aromatic heterocycles. The number of thioether (sulfide) groups is 1. The van der Waals surface area contributed by atoms with Crippen molar-refractivity contribution in [2.75, 3.05) is 12.9 Å². The molecule has 0 heterocycles. The van der Waals surface area contributed by atoms with Gasteiger partial charge in [0.2, 0.25) is 0 Å². The van der Waals surface area contributed by atoms with E-state index in [1.807, 2.05) is 19.1 Å². The monoisotopic (exact) mass is 632 g/mol. The van der Waals surface area contributed by atoms with E-state index >= 15 is 0 Å². The van der Waals surface area contributed by atoms with Gasteiger partial charge in [-0.2, -0.15) is 0 Å². The molecule has 8 heteroatoms. The van der Waals surface area contributed by atoms with Crippen LogP contribution in [0, 0.1) is 5.92 Å². The number of ether oxygens (including phenoxy) is 2. The summed E-state index contributed by atoms with van der Waals surface area (Å²) in [7, 11) is -0.700. The molecule has 6 nitrogen and oxygen atoms in total. The minimum absolute atomic E-state index is 0.0358. The molecule has 1 aromatic rings. The van der Waals surface area contributed by atoms with Gasteiger partial charge in [0.05, 0.1) is 19.3 Å². The Balaban J connectivity index is 2.17. The van der Waals surface area contributed by atoms with E-state index in [1.165, 1.54) is 12.7 Å². The predicted molar refractivity (Wildman–Crippen MR) is 180 cm³/mol. The van der Waals surface area contributed by atoms with Crippen molar-refractivity contribution in [1.82, 2.24) is 0 Å². The lowest BCUT2D eigenvalue weighted by molar-refractivity contribution is -0.141. The number of hydrogen-bond acceptors (Lipinski definition) is 7. The summed E-state index contributed by atoms with van der Waals surface area (Å²) in [6, 6.07) is 10.5. The fourth-order valence-corrected chi connectivity index (χ4v) is 7.43. The van der Waals surface area contributed by atoms with Gasteiger partial charge < -0.3 is 19.0 Å². The number of unbranched alkanes of at least 4 members (excludes halogenated alkanes) is 3. The Morgan fingerprint density at radius 2 is 1.77 bits per heavy atom. The van der Waals surface area contributed by atoms with E-state index in [9.17, 15) is 14.7 Å². The van der Waals surface area contributed by atoms with Crippen LogP contribution in [-0.2, 0) is 29.9 Å². The molecule has 1 N–H and O–H groups in total. The molecular weight excluding hydrogens is 577 g/mol. The largest absolute Gasteiger partial charge is 0.469 e. The van der Waals surface area contributed by atoms with Crippen LogP contribution in [0.5, 0.6) is 0 Å². The quantitative estimate of drug-likeness (QED) is 0.0707. The molecule has 0 radical (unpaired) electrons. The zero-order valence-corrected chi connectivity index (χ0v) is 29.5. The van der Waals surface area contributed by atoms with E-state index in [4.69, 9.17) is 13.9 Å². The van der Waals surface area contributed by atoms with Gasteiger partial charge in [0.1, 0.15) is 5.76 Å². The van der Waals surface area contributed by atoms with E-state index in [0.717, 1.165) is 55.6 Å². The van der Waals surface area contributed by atoms with E-state index < -0.39 is 14.4 Å². The SMILES string of the molecule is CCCC(=O)OC1=C(SCCCCCC(=O)OC)[C@@H](/C=C/C(O)CCCCc2ccccc2)[C@H](O[Si](C)(C)C(C)(C)C)C1. The van der Waals surface area contributed by atoms with Gasteiger partial charge in [-0.3, -0.25) is 9.59 Å². The van der Waals surface area contributed by atoms with Crippen molar-refractivity contribution in [2.45, 2.75) is 129 Å². The van der Waals surface area contributed by atoms with Gasteiger partial charge >= 0.3 is 11.9 Å². The number of rotatable bonds is 19. The Kier molecular flexibility index (Phi) is 16.3. The van der Waals surface area contributed by atoms with Crippen LogP contribution in [0.4, 0.5) is 0 Å². The molecule has 1 aromatic carbocycles. The van der Waals surface area contributed by atoms with Gasteiger partial charge in [0.25, 0.3) is 0 Å². The number of esters is 2. The first kappa shape index (κ1) is 37.3. The van der Waals surface area contributed by atoms with Crippen molar-refractivity contribution in [3.63, 3.8) is 0 Å². The van der Waals surface area contributed by atoms with Crippen LogP contribution in [0.3, 0.4) is 0 Å². The van der Waals surface area contributed by atoms with Gasteiger partial charge in [0, 0.05) is 30.1 Å². The molecule has 0 spiro atoms. The summed E-state index contributed by atoms with van der Waals surface area (Å²) in [5.41, 5.74) is 1.33. The van der Waals surface area contributed by atoms with Gasteiger partial charge in [-0.05, 0) is 68.0 Å². The van der Waals surface area contributed by atoms with Crippen molar-refractivity contribution in [1.29, 1.82) is 0 Å². The molecular formula is C35H56O6SSi. The molecule has 3 atom stereocenters. The minimum Gasteiger partial charge on any atom is -0.469 e. The average Bonchev–Trinajstić information content (AvgIpc) is 3.25. The summed E-state index contributed by atoms with van der Waals surface area (Å²) < 4.78 is 17.7. The van der Waals surface area contributed by atoms with Crippen molar-refractivity contribution in [2.24, 2.45) is 5.92 Å². The van der Waals surface area contributed by atoms with Crippen LogP contribution < -0.4 is 0 Å². The molecule has 43 heavy (non-hydrogen) atoms. The third-order valence-electron chi connectivity index (χ3n) is 8.42. The predicted octanol–water partition coefficient (Wildman–Crippen LogP) is 8.75. The molecule has 0 saturated carbocycles. The average molecular weight is 633 g/mol. The van der Waals surface area contributed by atoms with Crippen LogP contribution in [0.15, 0.2) is 53.1 Å². The van der Waals surface area contributed by atoms with E-state index in [2.05, 4.69) is 64.2 Å². The maximum Gasteiger partial charge on any atom is 0.310 e. The summed E-state index contributed by atoms with van der Waals surface area (Å²) in [6.07, 6.45) is 11.8.